The highest BCUT2D eigenvalue weighted by atomic mass is 32.2. The molecular formula is C40H32F5NO6S. The Morgan fingerprint density at radius 1 is 0.755 bits per heavy atom. The molecule has 1 fully saturated rings. The van der Waals surface area contributed by atoms with Gasteiger partial charge in [0, 0.05) is 28.7 Å². The normalized spacial score (nSPS) is 18.5. The number of aliphatic hydroxyl groups excluding tert-OH is 1. The van der Waals surface area contributed by atoms with Crippen LogP contribution in [0.25, 0.3) is 11.1 Å². The number of hydrogen-bond acceptors (Lipinski definition) is 6. The molecule has 3 N–H and O–H groups in total. The summed E-state index contributed by atoms with van der Waals surface area (Å²) in [6.45, 7) is 1.66. The number of benzene rings is 5. The van der Waals surface area contributed by atoms with Gasteiger partial charge in [0.05, 0.1) is 24.4 Å². The fourth-order valence-corrected chi connectivity index (χ4v) is 7.09. The lowest BCUT2D eigenvalue weighted by molar-refractivity contribution is -0.268. The molecule has 4 atom stereocenters. The van der Waals surface area contributed by atoms with Crippen LogP contribution in [0.15, 0.2) is 102 Å². The maximum absolute atomic E-state index is 14.2. The van der Waals surface area contributed by atoms with Crippen molar-refractivity contribution in [2.24, 2.45) is 5.92 Å². The average molecular weight is 750 g/mol. The summed E-state index contributed by atoms with van der Waals surface area (Å²) in [5.41, 5.74) is 2.84. The van der Waals surface area contributed by atoms with Crippen LogP contribution in [-0.2, 0) is 22.6 Å². The van der Waals surface area contributed by atoms with E-state index in [1.165, 1.54) is 11.8 Å². The molecule has 0 spiro atoms. The molecule has 274 valence electrons. The largest absolute Gasteiger partial charge is 0.478 e. The predicted octanol–water partition coefficient (Wildman–Crippen LogP) is 8.75. The van der Waals surface area contributed by atoms with E-state index >= 15 is 0 Å². The van der Waals surface area contributed by atoms with Gasteiger partial charge >= 0.3 is 5.97 Å². The van der Waals surface area contributed by atoms with Gasteiger partial charge in [0.2, 0.25) is 5.82 Å². The van der Waals surface area contributed by atoms with Gasteiger partial charge < -0.3 is 25.0 Å². The van der Waals surface area contributed by atoms with Crippen molar-refractivity contribution in [3.05, 3.63) is 160 Å². The molecule has 5 aromatic rings. The van der Waals surface area contributed by atoms with E-state index in [2.05, 4.69) is 5.32 Å². The summed E-state index contributed by atoms with van der Waals surface area (Å²) < 4.78 is 82.5. The van der Waals surface area contributed by atoms with Crippen molar-refractivity contribution in [1.82, 2.24) is 5.32 Å². The van der Waals surface area contributed by atoms with Crippen LogP contribution in [0.1, 0.15) is 62.3 Å². The summed E-state index contributed by atoms with van der Waals surface area (Å²) in [6.07, 6.45) is -1.44. The molecule has 0 aromatic heterocycles. The standard InChI is InChI=1S/C40H32F5NO6S/c1-21-30(20-53-28-16-14-25(15-17-28)39(49)50)51-40(52-37(21)24-8-6-22(19-47)7-9-24)26-12-10-23(11-13-26)29-5-3-2-4-27(29)18-46-38(48)31-32(41)34(43)36(45)35(44)33(31)42/h2-17,21,30,37,40,47H,18-20H2,1H3,(H,46,48)(H,49,50)/t21-,30+,37+,40+/m1/s1. The van der Waals surface area contributed by atoms with Crippen LogP contribution >= 0.6 is 11.8 Å². The molecule has 6 rings (SSSR count). The second-order valence-electron chi connectivity index (χ2n) is 12.4. The van der Waals surface area contributed by atoms with Crippen LogP contribution < -0.4 is 5.32 Å². The zero-order valence-electron chi connectivity index (χ0n) is 28.0. The molecule has 0 aliphatic carbocycles. The van der Waals surface area contributed by atoms with Crippen molar-refractivity contribution in [2.45, 2.75) is 43.5 Å². The molecule has 53 heavy (non-hydrogen) atoms. The molecule has 0 radical (unpaired) electrons. The Bertz CT molecular complexity index is 2090. The van der Waals surface area contributed by atoms with Gasteiger partial charge in [0.25, 0.3) is 5.91 Å². The number of carbonyl (C=O) groups excluding carboxylic acids is 1. The van der Waals surface area contributed by atoms with Gasteiger partial charge in [0.1, 0.15) is 5.56 Å². The van der Waals surface area contributed by atoms with Gasteiger partial charge in [0.15, 0.2) is 29.6 Å². The maximum atomic E-state index is 14.2. The molecule has 13 heteroatoms. The molecule has 1 aliphatic rings. The van der Waals surface area contributed by atoms with Gasteiger partial charge in [-0.1, -0.05) is 79.7 Å². The van der Waals surface area contributed by atoms with E-state index in [0.29, 0.717) is 28.0 Å². The van der Waals surface area contributed by atoms with E-state index in [1.54, 1.807) is 48.5 Å². The Balaban J connectivity index is 1.21. The van der Waals surface area contributed by atoms with E-state index < -0.39 is 52.8 Å². The molecule has 0 unspecified atom stereocenters. The minimum atomic E-state index is -2.35. The maximum Gasteiger partial charge on any atom is 0.335 e. The summed E-state index contributed by atoms with van der Waals surface area (Å²) in [6, 6.07) is 28.2. The Hall–Kier alpha value is -5.08. The first-order valence-corrected chi connectivity index (χ1v) is 17.4. The van der Waals surface area contributed by atoms with Crippen molar-refractivity contribution >= 4 is 23.6 Å². The number of carboxylic acid groups (broad SMARTS) is 1. The van der Waals surface area contributed by atoms with E-state index in [1.807, 2.05) is 55.5 Å². The van der Waals surface area contributed by atoms with Crippen LogP contribution in [0.3, 0.4) is 0 Å². The zero-order valence-corrected chi connectivity index (χ0v) is 28.8. The van der Waals surface area contributed by atoms with Crippen molar-refractivity contribution < 1.29 is 51.2 Å². The van der Waals surface area contributed by atoms with Gasteiger partial charge in [-0.2, -0.15) is 0 Å². The van der Waals surface area contributed by atoms with Crippen LogP contribution in [0.4, 0.5) is 22.0 Å². The smallest absolute Gasteiger partial charge is 0.335 e. The van der Waals surface area contributed by atoms with Gasteiger partial charge in [-0.05, 0) is 52.1 Å². The van der Waals surface area contributed by atoms with Gasteiger partial charge in [-0.15, -0.1) is 11.8 Å². The number of aromatic carboxylic acids is 1. The Morgan fingerprint density at radius 3 is 1.98 bits per heavy atom. The second-order valence-corrected chi connectivity index (χ2v) is 13.5. The lowest BCUT2D eigenvalue weighted by atomic mass is 9.91. The molecular weight excluding hydrogens is 717 g/mol. The summed E-state index contributed by atoms with van der Waals surface area (Å²) in [4.78, 5) is 24.8. The van der Waals surface area contributed by atoms with E-state index in [0.717, 1.165) is 16.0 Å². The zero-order chi connectivity index (χ0) is 37.8. The number of carbonyl (C=O) groups is 2. The fraction of sp³-hybridized carbons (Fsp3) is 0.200. The van der Waals surface area contributed by atoms with Crippen LogP contribution in [0.2, 0.25) is 0 Å². The molecule has 1 saturated heterocycles. The minimum Gasteiger partial charge on any atom is -0.478 e. The van der Waals surface area contributed by atoms with Gasteiger partial charge in [-0.3, -0.25) is 4.79 Å². The average Bonchev–Trinajstić information content (AvgIpc) is 3.18. The number of carboxylic acids is 1. The lowest BCUT2D eigenvalue weighted by Gasteiger charge is -2.41. The van der Waals surface area contributed by atoms with Crippen molar-refractivity contribution in [2.75, 3.05) is 5.75 Å². The molecule has 0 bridgehead atoms. The fourth-order valence-electron chi connectivity index (χ4n) is 6.03. The van der Waals surface area contributed by atoms with Crippen LogP contribution in [-0.4, -0.2) is 33.9 Å². The summed E-state index contributed by atoms with van der Waals surface area (Å²) in [7, 11) is 0. The summed E-state index contributed by atoms with van der Waals surface area (Å²) >= 11 is 1.53. The summed E-state index contributed by atoms with van der Waals surface area (Å²) in [5.74, 6) is -13.2. The highest BCUT2D eigenvalue weighted by molar-refractivity contribution is 7.99. The van der Waals surface area contributed by atoms with E-state index in [9.17, 15) is 41.8 Å². The van der Waals surface area contributed by atoms with Crippen LogP contribution in [0.5, 0.6) is 0 Å². The first kappa shape index (κ1) is 37.7. The number of hydrogen-bond donors (Lipinski definition) is 3. The Morgan fingerprint density at radius 2 is 1.36 bits per heavy atom. The number of nitrogens with one attached hydrogen (secondary N) is 1. The van der Waals surface area contributed by atoms with E-state index in [4.69, 9.17) is 9.47 Å². The number of thioether (sulfide) groups is 1. The number of amides is 1. The SMILES string of the molecule is C[C@@H]1[C@H](CSc2ccc(C(=O)O)cc2)O[C@H](c2ccc(-c3ccccc3CNC(=O)c3c(F)c(F)c(F)c(F)c3F)cc2)O[C@@H]1c1ccc(CO)cc1. The molecule has 0 saturated carbocycles. The topological polar surface area (TPSA) is 105 Å². The predicted molar refractivity (Wildman–Crippen MR) is 186 cm³/mol. The number of halogens is 5. The van der Waals surface area contributed by atoms with Crippen LogP contribution in [0, 0.1) is 35.0 Å². The molecule has 5 aromatic carbocycles. The van der Waals surface area contributed by atoms with Gasteiger partial charge in [-0.25, -0.2) is 26.7 Å². The summed E-state index contributed by atoms with van der Waals surface area (Å²) in [5, 5.41) is 21.1. The third-order valence-corrected chi connectivity index (χ3v) is 10.1. The Labute approximate surface area is 305 Å². The monoisotopic (exact) mass is 749 g/mol. The molecule has 1 aliphatic heterocycles. The minimum absolute atomic E-state index is 0.0942. The molecule has 7 nitrogen and oxygen atoms in total. The van der Waals surface area contributed by atoms with Crippen molar-refractivity contribution in [3.63, 3.8) is 0 Å². The number of aliphatic hydroxyl groups is 1. The second kappa shape index (κ2) is 16.3. The first-order chi connectivity index (χ1) is 25.5. The van der Waals surface area contributed by atoms with Crippen molar-refractivity contribution in [1.29, 1.82) is 0 Å². The third-order valence-electron chi connectivity index (χ3n) is 9.03. The quantitative estimate of drug-likeness (QED) is 0.0537. The van der Waals surface area contributed by atoms with E-state index in [-0.39, 0.29) is 36.8 Å². The number of ether oxygens (including phenoxy) is 2. The molecule has 1 amide bonds. The highest BCUT2D eigenvalue weighted by Gasteiger charge is 2.38. The lowest BCUT2D eigenvalue weighted by Crippen LogP contribution is -2.38. The number of rotatable bonds is 11. The highest BCUT2D eigenvalue weighted by Crippen LogP contribution is 2.43. The first-order valence-electron chi connectivity index (χ1n) is 16.4. The van der Waals surface area contributed by atoms with Crippen molar-refractivity contribution in [3.8, 4) is 11.1 Å². The Kier molecular flexibility index (Phi) is 11.6. The third kappa shape index (κ3) is 8.13. The molecule has 1 heterocycles.